The summed E-state index contributed by atoms with van der Waals surface area (Å²) in [6, 6.07) is 29.1. The van der Waals surface area contributed by atoms with Crippen LogP contribution in [0, 0.1) is 0 Å². The fourth-order valence-electron chi connectivity index (χ4n) is 4.92. The van der Waals surface area contributed by atoms with Crippen LogP contribution in [0.4, 0.5) is 11.4 Å². The van der Waals surface area contributed by atoms with Gasteiger partial charge in [0.1, 0.15) is 11.5 Å². The molecule has 0 fully saturated rings. The summed E-state index contributed by atoms with van der Waals surface area (Å²) in [4.78, 5) is 2.47. The number of benzene rings is 4. The molecule has 0 amide bonds. The molecule has 4 aromatic carbocycles. The van der Waals surface area contributed by atoms with Crippen molar-refractivity contribution in [3.63, 3.8) is 0 Å². The molecule has 1 N–H and O–H groups in total. The van der Waals surface area contributed by atoms with E-state index in [1.807, 2.05) is 36.4 Å². The van der Waals surface area contributed by atoms with Crippen molar-refractivity contribution in [1.29, 1.82) is 0 Å². The topological polar surface area (TPSA) is 33.7 Å². The number of aryl methyl sites for hydroxylation is 2. The predicted molar refractivity (Wildman–Crippen MR) is 180 cm³/mol. The van der Waals surface area contributed by atoms with Gasteiger partial charge >= 0.3 is 0 Å². The van der Waals surface area contributed by atoms with E-state index >= 15 is 0 Å². The summed E-state index contributed by atoms with van der Waals surface area (Å²) in [5.41, 5.74) is 7.99. The molecule has 41 heavy (non-hydrogen) atoms. The number of ether oxygens (including phenoxy) is 2. The van der Waals surface area contributed by atoms with E-state index in [0.29, 0.717) is 5.88 Å². The van der Waals surface area contributed by atoms with Crippen LogP contribution < -0.4 is 19.7 Å². The molecule has 0 saturated carbocycles. The van der Waals surface area contributed by atoms with Gasteiger partial charge in [-0.2, -0.15) is 0 Å². The Labute approximate surface area is 266 Å². The second-order valence-corrected chi connectivity index (χ2v) is 12.1. The molecule has 0 bridgehead atoms. The lowest BCUT2D eigenvalue weighted by Crippen LogP contribution is -2.28. The number of rotatable bonds is 5. The molecule has 4 nitrogen and oxygen atoms in total. The first-order valence-corrected chi connectivity index (χ1v) is 16.0. The Hall–Kier alpha value is -2.67. The van der Waals surface area contributed by atoms with Gasteiger partial charge in [0.25, 0.3) is 0 Å². The van der Waals surface area contributed by atoms with Crippen molar-refractivity contribution in [1.82, 2.24) is 0 Å². The molecule has 6 rings (SSSR count). The van der Waals surface area contributed by atoms with Crippen molar-refractivity contribution < 1.29 is 9.47 Å². The first kappa shape index (κ1) is 31.3. The van der Waals surface area contributed by atoms with Crippen LogP contribution in [-0.4, -0.2) is 27.3 Å². The number of alkyl halides is 1. The van der Waals surface area contributed by atoms with Crippen LogP contribution in [0.1, 0.15) is 35.1 Å². The molecule has 2 aliphatic rings. The van der Waals surface area contributed by atoms with E-state index in [9.17, 15) is 0 Å². The average Bonchev–Trinajstić information content (AvgIpc) is 3.02. The van der Waals surface area contributed by atoms with Gasteiger partial charge in [-0.25, -0.2) is 0 Å². The summed E-state index contributed by atoms with van der Waals surface area (Å²) < 4.78 is 12.5. The third-order valence-corrected chi connectivity index (χ3v) is 8.40. The lowest BCUT2D eigenvalue weighted by Gasteiger charge is -2.31. The fourth-order valence-corrected chi connectivity index (χ4v) is 5.91. The Morgan fingerprint density at radius 2 is 1.32 bits per heavy atom. The molecule has 0 aliphatic carbocycles. The summed E-state index contributed by atoms with van der Waals surface area (Å²) in [7, 11) is 3.35. The van der Waals surface area contributed by atoms with Gasteiger partial charge in [-0.1, -0.05) is 56.1 Å². The first-order valence-electron chi connectivity index (χ1n) is 13.9. The highest BCUT2D eigenvalue weighted by Crippen LogP contribution is 2.31. The van der Waals surface area contributed by atoms with E-state index in [1.54, 1.807) is 14.2 Å². The molecular formula is C34H37Br2ClN2O2. The largest absolute Gasteiger partial charge is 0.497 e. The van der Waals surface area contributed by atoms with Crippen molar-refractivity contribution in [2.75, 3.05) is 37.5 Å². The van der Waals surface area contributed by atoms with Crippen molar-refractivity contribution >= 4 is 54.8 Å². The molecule has 2 aliphatic heterocycles. The summed E-state index contributed by atoms with van der Waals surface area (Å²) in [5, 5.41) is 3.37. The number of halogens is 3. The maximum Gasteiger partial charge on any atom is 0.118 e. The summed E-state index contributed by atoms with van der Waals surface area (Å²) in [5.74, 6) is 2.34. The van der Waals surface area contributed by atoms with Crippen molar-refractivity contribution in [3.05, 3.63) is 116 Å². The Bertz CT molecular complexity index is 1360. The molecule has 0 aromatic heterocycles. The number of anilines is 2. The highest BCUT2D eigenvalue weighted by Gasteiger charge is 2.17. The molecule has 216 valence electrons. The smallest absolute Gasteiger partial charge is 0.118 e. The van der Waals surface area contributed by atoms with Crippen molar-refractivity contribution in [2.45, 2.75) is 38.1 Å². The molecule has 4 aromatic rings. The summed E-state index contributed by atoms with van der Waals surface area (Å²) in [6.45, 7) is 3.20. The summed E-state index contributed by atoms with van der Waals surface area (Å²) >= 11 is 12.6. The molecule has 0 unspecified atom stereocenters. The number of hydrogen-bond donors (Lipinski definition) is 1. The van der Waals surface area contributed by atoms with Crippen LogP contribution >= 0.6 is 43.5 Å². The molecule has 0 saturated heterocycles. The second kappa shape index (κ2) is 16.1. The van der Waals surface area contributed by atoms with Gasteiger partial charge < -0.3 is 19.7 Å². The molecule has 0 spiro atoms. The minimum Gasteiger partial charge on any atom is -0.497 e. The van der Waals surface area contributed by atoms with Crippen LogP contribution in [-0.2, 0) is 25.3 Å². The Morgan fingerprint density at radius 1 is 0.732 bits per heavy atom. The van der Waals surface area contributed by atoms with Crippen LogP contribution in [0.3, 0.4) is 0 Å². The lowest BCUT2D eigenvalue weighted by molar-refractivity contribution is 0.414. The van der Waals surface area contributed by atoms with Gasteiger partial charge in [0, 0.05) is 45.8 Å². The maximum absolute atomic E-state index is 5.58. The van der Waals surface area contributed by atoms with Crippen LogP contribution in [0.2, 0.25) is 0 Å². The first-order chi connectivity index (χ1) is 20.0. The van der Waals surface area contributed by atoms with Crippen molar-refractivity contribution in [2.24, 2.45) is 0 Å². The Morgan fingerprint density at radius 3 is 1.95 bits per heavy atom. The zero-order valence-corrected chi connectivity index (χ0v) is 27.6. The van der Waals surface area contributed by atoms with Gasteiger partial charge in [0.05, 0.1) is 14.2 Å². The zero-order valence-electron chi connectivity index (χ0n) is 23.6. The van der Waals surface area contributed by atoms with Crippen LogP contribution in [0.15, 0.2) is 93.9 Å². The lowest BCUT2D eigenvalue weighted by atomic mass is 10.0. The van der Waals surface area contributed by atoms with Gasteiger partial charge in [-0.15, -0.1) is 11.6 Å². The summed E-state index contributed by atoms with van der Waals surface area (Å²) in [6.07, 6.45) is 4.86. The highest BCUT2D eigenvalue weighted by molar-refractivity contribution is 9.10. The van der Waals surface area contributed by atoms with Gasteiger partial charge in [0.2, 0.25) is 0 Å². The monoisotopic (exact) mass is 698 g/mol. The third kappa shape index (κ3) is 9.42. The highest BCUT2D eigenvalue weighted by atomic mass is 79.9. The fraction of sp³-hybridized carbons (Fsp3) is 0.294. The van der Waals surface area contributed by atoms with E-state index < -0.39 is 0 Å². The Kier molecular flexibility index (Phi) is 12.3. The second-order valence-electron chi connectivity index (χ2n) is 9.96. The average molecular weight is 701 g/mol. The molecule has 0 radical (unpaired) electrons. The van der Waals surface area contributed by atoms with Crippen LogP contribution in [0.5, 0.6) is 11.5 Å². The van der Waals surface area contributed by atoms with E-state index in [2.05, 4.69) is 90.6 Å². The van der Waals surface area contributed by atoms with Gasteiger partial charge in [-0.05, 0) is 109 Å². The van der Waals surface area contributed by atoms with E-state index in [4.69, 9.17) is 21.1 Å². The minimum absolute atomic E-state index is 0.560. The van der Waals surface area contributed by atoms with Gasteiger partial charge in [0.15, 0.2) is 0 Å². The van der Waals surface area contributed by atoms with E-state index in [-0.39, 0.29) is 0 Å². The number of hydrogen-bond acceptors (Lipinski definition) is 4. The molecular weight excluding hydrogens is 664 g/mol. The van der Waals surface area contributed by atoms with Gasteiger partial charge in [-0.3, -0.25) is 0 Å². The van der Waals surface area contributed by atoms with Crippen molar-refractivity contribution in [3.8, 4) is 11.5 Å². The number of nitrogens with one attached hydrogen (secondary N) is 1. The number of methoxy groups -OCH3 is 2. The third-order valence-electron chi connectivity index (χ3n) is 7.11. The number of nitrogens with zero attached hydrogens (tertiary/aromatic N) is 1. The maximum atomic E-state index is 5.58. The molecule has 2 heterocycles. The number of fused-ring (bicyclic) bond motifs is 2. The Balaban J connectivity index is 0.000000156. The van der Waals surface area contributed by atoms with E-state index in [0.717, 1.165) is 36.7 Å². The van der Waals surface area contributed by atoms with E-state index in [1.165, 1.54) is 62.7 Å². The normalized spacial score (nSPS) is 13.2. The SMILES string of the molecule is Brc1ccc2c(c1)CCCN2.COc1ccc(CCl)cc1.COc1ccc(CN2CCCc3cc(Br)ccc32)cc1. The predicted octanol–water partition coefficient (Wildman–Crippen LogP) is 9.65. The van der Waals surface area contributed by atoms with Crippen LogP contribution in [0.25, 0.3) is 0 Å². The quantitative estimate of drug-likeness (QED) is 0.210. The standard InChI is InChI=1S/C17H18BrNO.C9H10BrN.C8H9ClO/c1-20-16-7-4-13(5-8-16)12-19-10-2-3-14-11-15(18)6-9-17(14)19;10-8-3-4-9-7(6-8)2-1-5-11-9;1-10-8-4-2-7(6-9)3-5-8/h4-9,11H,2-3,10,12H2,1H3;3-4,6,11H,1-2,5H2;2-5H,6H2,1H3. The molecule has 7 heteroatoms. The molecule has 0 atom stereocenters. The minimum atomic E-state index is 0.560. The zero-order chi connectivity index (χ0) is 29.0.